The summed E-state index contributed by atoms with van der Waals surface area (Å²) in [5, 5.41) is 4.11. The van der Waals surface area contributed by atoms with E-state index in [9.17, 15) is 0 Å². The first-order chi connectivity index (χ1) is 10.4. The van der Waals surface area contributed by atoms with E-state index in [-0.39, 0.29) is 6.10 Å². The van der Waals surface area contributed by atoms with Crippen molar-refractivity contribution in [1.29, 1.82) is 0 Å². The molecule has 1 fully saturated rings. The molecule has 1 aromatic carbocycles. The van der Waals surface area contributed by atoms with Crippen LogP contribution in [0.1, 0.15) is 0 Å². The van der Waals surface area contributed by atoms with Crippen LogP contribution in [0.15, 0.2) is 41.3 Å². The number of rotatable bonds is 3. The van der Waals surface area contributed by atoms with Crippen molar-refractivity contribution < 1.29 is 9.15 Å². The van der Waals surface area contributed by atoms with Gasteiger partial charge < -0.3 is 14.1 Å². The van der Waals surface area contributed by atoms with E-state index in [1.807, 2.05) is 24.3 Å². The summed E-state index contributed by atoms with van der Waals surface area (Å²) in [6.07, 6.45) is 3.28. The van der Waals surface area contributed by atoms with Gasteiger partial charge in [0.05, 0.1) is 25.8 Å². The SMILES string of the molecule is c1ccc2oc(N3CCOC(Cn4cncn4)C3)nc2c1. The van der Waals surface area contributed by atoms with Crippen LogP contribution >= 0.6 is 0 Å². The summed E-state index contributed by atoms with van der Waals surface area (Å²) in [6.45, 7) is 2.84. The summed E-state index contributed by atoms with van der Waals surface area (Å²) in [5.41, 5.74) is 1.69. The number of hydrogen-bond donors (Lipinski definition) is 0. The van der Waals surface area contributed by atoms with E-state index in [0.717, 1.165) is 24.2 Å². The number of fused-ring (bicyclic) bond motifs is 1. The second-order valence-electron chi connectivity index (χ2n) is 5.02. The fraction of sp³-hybridized carbons (Fsp3) is 0.357. The standard InChI is InChI=1S/C14H15N5O2/c1-2-4-13-12(3-1)17-14(21-13)18-5-6-20-11(7-18)8-19-10-15-9-16-19/h1-4,9-11H,5-8H2. The summed E-state index contributed by atoms with van der Waals surface area (Å²) in [4.78, 5) is 10.6. The number of oxazole rings is 1. The molecule has 108 valence electrons. The molecule has 7 heteroatoms. The molecule has 0 aliphatic carbocycles. The van der Waals surface area contributed by atoms with Crippen molar-refractivity contribution in [3.05, 3.63) is 36.9 Å². The average molecular weight is 285 g/mol. The number of anilines is 1. The van der Waals surface area contributed by atoms with E-state index >= 15 is 0 Å². The van der Waals surface area contributed by atoms with E-state index in [1.54, 1.807) is 11.0 Å². The van der Waals surface area contributed by atoms with Crippen LogP contribution in [0.5, 0.6) is 0 Å². The van der Waals surface area contributed by atoms with Gasteiger partial charge in [0.15, 0.2) is 5.58 Å². The molecule has 0 amide bonds. The van der Waals surface area contributed by atoms with Crippen LogP contribution in [0.3, 0.4) is 0 Å². The van der Waals surface area contributed by atoms with Crippen molar-refractivity contribution >= 4 is 17.1 Å². The normalized spacial score (nSPS) is 19.2. The highest BCUT2D eigenvalue weighted by atomic mass is 16.5. The van der Waals surface area contributed by atoms with Crippen LogP contribution in [0.4, 0.5) is 6.01 Å². The Balaban J connectivity index is 1.52. The number of aromatic nitrogens is 4. The smallest absolute Gasteiger partial charge is 0.298 e. The molecule has 1 aliphatic rings. The molecule has 3 aromatic rings. The van der Waals surface area contributed by atoms with Crippen molar-refractivity contribution in [1.82, 2.24) is 19.7 Å². The predicted molar refractivity (Wildman–Crippen MR) is 76.0 cm³/mol. The molecule has 0 radical (unpaired) electrons. The summed E-state index contributed by atoms with van der Waals surface area (Å²) < 4.78 is 13.4. The first kappa shape index (κ1) is 12.3. The van der Waals surface area contributed by atoms with E-state index < -0.39 is 0 Å². The molecule has 21 heavy (non-hydrogen) atoms. The van der Waals surface area contributed by atoms with Gasteiger partial charge in [0.1, 0.15) is 18.2 Å². The van der Waals surface area contributed by atoms with Crippen LogP contribution in [-0.2, 0) is 11.3 Å². The van der Waals surface area contributed by atoms with E-state index in [4.69, 9.17) is 9.15 Å². The van der Waals surface area contributed by atoms with Crippen LogP contribution in [-0.4, -0.2) is 45.5 Å². The predicted octanol–water partition coefficient (Wildman–Crippen LogP) is 1.32. The Morgan fingerprint density at radius 2 is 2.24 bits per heavy atom. The zero-order valence-corrected chi connectivity index (χ0v) is 11.4. The van der Waals surface area contributed by atoms with Gasteiger partial charge in [0.25, 0.3) is 6.01 Å². The molecule has 1 atom stereocenters. The lowest BCUT2D eigenvalue weighted by molar-refractivity contribution is 0.0259. The van der Waals surface area contributed by atoms with Gasteiger partial charge in [-0.2, -0.15) is 10.1 Å². The summed E-state index contributed by atoms with van der Waals surface area (Å²) >= 11 is 0. The third kappa shape index (κ3) is 2.47. The molecule has 3 heterocycles. The number of para-hydroxylation sites is 2. The summed E-state index contributed by atoms with van der Waals surface area (Å²) in [7, 11) is 0. The molecular weight excluding hydrogens is 270 g/mol. The Labute approximate surface area is 121 Å². The maximum absolute atomic E-state index is 5.82. The fourth-order valence-electron chi connectivity index (χ4n) is 2.53. The minimum absolute atomic E-state index is 0.0514. The van der Waals surface area contributed by atoms with Crippen LogP contribution < -0.4 is 4.90 Å². The lowest BCUT2D eigenvalue weighted by Gasteiger charge is -2.31. The first-order valence-corrected chi connectivity index (χ1v) is 6.93. The van der Waals surface area contributed by atoms with Gasteiger partial charge in [-0.15, -0.1) is 0 Å². The number of hydrogen-bond acceptors (Lipinski definition) is 6. The highest BCUT2D eigenvalue weighted by molar-refractivity contribution is 5.74. The molecule has 1 saturated heterocycles. The highest BCUT2D eigenvalue weighted by Gasteiger charge is 2.24. The third-order valence-electron chi connectivity index (χ3n) is 3.55. The molecular formula is C14H15N5O2. The van der Waals surface area contributed by atoms with Crippen molar-refractivity contribution in [2.45, 2.75) is 12.6 Å². The van der Waals surface area contributed by atoms with Crippen molar-refractivity contribution in [2.75, 3.05) is 24.6 Å². The molecule has 1 unspecified atom stereocenters. The molecule has 0 N–H and O–H groups in total. The maximum Gasteiger partial charge on any atom is 0.298 e. The quantitative estimate of drug-likeness (QED) is 0.723. The van der Waals surface area contributed by atoms with Gasteiger partial charge in [-0.3, -0.25) is 4.68 Å². The van der Waals surface area contributed by atoms with Gasteiger partial charge in [0.2, 0.25) is 0 Å². The van der Waals surface area contributed by atoms with Crippen LogP contribution in [0.25, 0.3) is 11.1 Å². The lowest BCUT2D eigenvalue weighted by atomic mass is 10.3. The number of ether oxygens (including phenoxy) is 1. The first-order valence-electron chi connectivity index (χ1n) is 6.93. The number of morpholine rings is 1. The van der Waals surface area contributed by atoms with Crippen molar-refractivity contribution in [3.8, 4) is 0 Å². The Morgan fingerprint density at radius 3 is 3.10 bits per heavy atom. The Kier molecular flexibility index (Phi) is 3.04. The zero-order chi connectivity index (χ0) is 14.1. The van der Waals surface area contributed by atoms with E-state index in [2.05, 4.69) is 20.0 Å². The maximum atomic E-state index is 5.82. The van der Waals surface area contributed by atoms with Crippen LogP contribution in [0.2, 0.25) is 0 Å². The molecule has 1 aliphatic heterocycles. The third-order valence-corrected chi connectivity index (χ3v) is 3.55. The second kappa shape index (κ2) is 5.17. The minimum Gasteiger partial charge on any atom is -0.423 e. The second-order valence-corrected chi connectivity index (χ2v) is 5.02. The van der Waals surface area contributed by atoms with E-state index in [0.29, 0.717) is 19.2 Å². The van der Waals surface area contributed by atoms with Gasteiger partial charge in [-0.25, -0.2) is 4.98 Å². The molecule has 4 rings (SSSR count). The molecule has 0 bridgehead atoms. The Hall–Kier alpha value is -2.41. The van der Waals surface area contributed by atoms with Gasteiger partial charge in [0, 0.05) is 6.54 Å². The molecule has 0 spiro atoms. The van der Waals surface area contributed by atoms with Crippen molar-refractivity contribution in [3.63, 3.8) is 0 Å². The molecule has 2 aromatic heterocycles. The van der Waals surface area contributed by atoms with Gasteiger partial charge in [-0.05, 0) is 12.1 Å². The van der Waals surface area contributed by atoms with E-state index in [1.165, 1.54) is 6.33 Å². The highest BCUT2D eigenvalue weighted by Crippen LogP contribution is 2.23. The summed E-state index contributed by atoms with van der Waals surface area (Å²) in [5.74, 6) is 0. The largest absolute Gasteiger partial charge is 0.423 e. The zero-order valence-electron chi connectivity index (χ0n) is 11.4. The fourth-order valence-corrected chi connectivity index (χ4v) is 2.53. The number of benzene rings is 1. The lowest BCUT2D eigenvalue weighted by Crippen LogP contribution is -2.44. The minimum atomic E-state index is 0.0514. The average Bonchev–Trinajstić information content (AvgIpc) is 3.16. The Bertz CT molecular complexity index is 691. The topological polar surface area (TPSA) is 69.2 Å². The monoisotopic (exact) mass is 285 g/mol. The molecule has 7 nitrogen and oxygen atoms in total. The Morgan fingerprint density at radius 1 is 1.29 bits per heavy atom. The van der Waals surface area contributed by atoms with Gasteiger partial charge in [-0.1, -0.05) is 12.1 Å². The van der Waals surface area contributed by atoms with Crippen LogP contribution in [0, 0.1) is 0 Å². The van der Waals surface area contributed by atoms with Gasteiger partial charge >= 0.3 is 0 Å². The van der Waals surface area contributed by atoms with Crippen molar-refractivity contribution in [2.24, 2.45) is 0 Å². The molecule has 0 saturated carbocycles. The summed E-state index contributed by atoms with van der Waals surface area (Å²) in [6, 6.07) is 8.45. The number of nitrogens with zero attached hydrogens (tertiary/aromatic N) is 5.